The molecule has 0 radical (unpaired) electrons. The molecule has 0 aromatic heterocycles. The number of carbonyl (C=O) groups is 3. The lowest BCUT2D eigenvalue weighted by Crippen LogP contribution is -2.59. The van der Waals surface area contributed by atoms with Gasteiger partial charge in [-0.25, -0.2) is 4.79 Å². The SMILES string of the molecule is COc1ccc(NC(=O)C(c2cccc(C)c2)N(C(=O)C(NC(=O)OC(C)(C)C)C(C)C)C(C)(C)C)cc1. The van der Waals surface area contributed by atoms with Gasteiger partial charge in [0.1, 0.15) is 23.4 Å². The van der Waals surface area contributed by atoms with Gasteiger partial charge in [-0.3, -0.25) is 9.59 Å². The average molecular weight is 526 g/mol. The smallest absolute Gasteiger partial charge is 0.408 e. The first kappa shape index (κ1) is 30.7. The summed E-state index contributed by atoms with van der Waals surface area (Å²) in [5.74, 6) is -0.348. The van der Waals surface area contributed by atoms with Crippen molar-refractivity contribution in [1.82, 2.24) is 10.2 Å². The zero-order valence-electron chi connectivity index (χ0n) is 24.3. The van der Waals surface area contributed by atoms with E-state index in [1.165, 1.54) is 0 Å². The van der Waals surface area contributed by atoms with Crippen molar-refractivity contribution in [2.45, 2.75) is 85.5 Å². The Labute approximate surface area is 227 Å². The van der Waals surface area contributed by atoms with Crippen molar-refractivity contribution >= 4 is 23.6 Å². The lowest BCUT2D eigenvalue weighted by molar-refractivity contribution is -0.147. The standard InChI is InChI=1S/C30H43N3O5/c1-19(2)24(32-28(36)38-30(7,8)9)27(35)33(29(4,5)6)25(21-13-11-12-20(3)18-21)26(34)31-22-14-16-23(37-10)17-15-22/h11-19,24-25H,1-10H3,(H,31,34)(H,32,36). The van der Waals surface area contributed by atoms with Crippen LogP contribution in [0, 0.1) is 12.8 Å². The molecule has 0 aliphatic heterocycles. The third-order valence-electron chi connectivity index (χ3n) is 5.79. The maximum atomic E-state index is 14.2. The number of benzene rings is 2. The van der Waals surface area contributed by atoms with E-state index in [2.05, 4.69) is 10.6 Å². The van der Waals surface area contributed by atoms with E-state index in [9.17, 15) is 14.4 Å². The highest BCUT2D eigenvalue weighted by molar-refractivity contribution is 5.99. The number of amides is 3. The number of nitrogens with zero attached hydrogens (tertiary/aromatic N) is 1. The van der Waals surface area contributed by atoms with Crippen molar-refractivity contribution in [1.29, 1.82) is 0 Å². The van der Waals surface area contributed by atoms with Crippen LogP contribution in [0.1, 0.15) is 72.6 Å². The first-order valence-electron chi connectivity index (χ1n) is 12.9. The summed E-state index contributed by atoms with van der Waals surface area (Å²) in [6, 6.07) is 12.7. The van der Waals surface area contributed by atoms with Crippen molar-refractivity contribution in [2.75, 3.05) is 12.4 Å². The summed E-state index contributed by atoms with van der Waals surface area (Å²) in [6.07, 6.45) is -0.687. The molecule has 0 spiro atoms. The number of anilines is 1. The fourth-order valence-corrected chi connectivity index (χ4v) is 4.09. The maximum Gasteiger partial charge on any atom is 0.408 e. The van der Waals surface area contributed by atoms with Gasteiger partial charge in [0.25, 0.3) is 5.91 Å². The molecule has 0 heterocycles. The Balaban J connectivity index is 2.56. The van der Waals surface area contributed by atoms with Crippen LogP contribution >= 0.6 is 0 Å². The highest BCUT2D eigenvalue weighted by Crippen LogP contribution is 2.32. The maximum absolute atomic E-state index is 14.2. The number of rotatable bonds is 8. The van der Waals surface area contributed by atoms with Gasteiger partial charge in [0.15, 0.2) is 0 Å². The molecule has 8 nitrogen and oxygen atoms in total. The van der Waals surface area contributed by atoms with Crippen LogP contribution in [-0.2, 0) is 14.3 Å². The summed E-state index contributed by atoms with van der Waals surface area (Å²) in [4.78, 5) is 42.4. The van der Waals surface area contributed by atoms with Gasteiger partial charge in [-0.1, -0.05) is 43.7 Å². The van der Waals surface area contributed by atoms with Gasteiger partial charge in [-0.15, -0.1) is 0 Å². The van der Waals surface area contributed by atoms with E-state index in [0.717, 1.165) is 5.56 Å². The van der Waals surface area contributed by atoms with Crippen molar-refractivity contribution in [3.63, 3.8) is 0 Å². The topological polar surface area (TPSA) is 97.0 Å². The molecule has 0 aliphatic rings. The van der Waals surface area contributed by atoms with E-state index < -0.39 is 29.3 Å². The predicted molar refractivity (Wildman–Crippen MR) is 150 cm³/mol. The third kappa shape index (κ3) is 8.50. The average Bonchev–Trinajstić information content (AvgIpc) is 2.78. The van der Waals surface area contributed by atoms with E-state index in [1.807, 2.05) is 65.8 Å². The number of methoxy groups -OCH3 is 1. The first-order chi connectivity index (χ1) is 17.5. The van der Waals surface area contributed by atoms with Crippen LogP contribution in [0.15, 0.2) is 48.5 Å². The van der Waals surface area contributed by atoms with Crippen LogP contribution in [0.2, 0.25) is 0 Å². The van der Waals surface area contributed by atoms with E-state index in [4.69, 9.17) is 9.47 Å². The molecule has 2 aromatic carbocycles. The molecule has 208 valence electrons. The lowest BCUT2D eigenvalue weighted by atomic mass is 9.92. The molecule has 2 unspecified atom stereocenters. The number of carbonyl (C=O) groups excluding carboxylic acids is 3. The van der Waals surface area contributed by atoms with Gasteiger partial charge in [0.2, 0.25) is 5.91 Å². The van der Waals surface area contributed by atoms with Crippen LogP contribution in [0.3, 0.4) is 0 Å². The van der Waals surface area contributed by atoms with Gasteiger partial charge in [-0.2, -0.15) is 0 Å². The van der Waals surface area contributed by atoms with Crippen LogP contribution < -0.4 is 15.4 Å². The van der Waals surface area contributed by atoms with E-state index in [-0.39, 0.29) is 17.7 Å². The molecule has 0 bridgehead atoms. The molecule has 0 fully saturated rings. The summed E-state index contributed by atoms with van der Waals surface area (Å²) in [5, 5.41) is 5.70. The first-order valence-corrected chi connectivity index (χ1v) is 12.9. The largest absolute Gasteiger partial charge is 0.497 e. The highest BCUT2D eigenvalue weighted by Gasteiger charge is 2.42. The molecule has 8 heteroatoms. The third-order valence-corrected chi connectivity index (χ3v) is 5.79. The van der Waals surface area contributed by atoms with Crippen molar-refractivity contribution in [3.8, 4) is 5.75 Å². The minimum atomic E-state index is -0.966. The second-order valence-electron chi connectivity index (χ2n) is 11.8. The van der Waals surface area contributed by atoms with E-state index in [0.29, 0.717) is 17.0 Å². The minimum absolute atomic E-state index is 0.261. The van der Waals surface area contributed by atoms with Crippen molar-refractivity contribution < 1.29 is 23.9 Å². The molecule has 3 amide bonds. The molecular weight excluding hydrogens is 482 g/mol. The number of hydrogen-bond acceptors (Lipinski definition) is 5. The normalized spacial score (nSPS) is 13.3. The molecule has 0 saturated carbocycles. The summed E-state index contributed by atoms with van der Waals surface area (Å²) in [6.45, 7) is 16.5. The van der Waals surface area contributed by atoms with E-state index in [1.54, 1.807) is 57.0 Å². The molecule has 2 rings (SSSR count). The predicted octanol–water partition coefficient (Wildman–Crippen LogP) is 5.86. The molecule has 0 saturated heterocycles. The number of alkyl carbamates (subject to hydrolysis) is 1. The Kier molecular flexibility index (Phi) is 9.95. The second kappa shape index (κ2) is 12.3. The van der Waals surface area contributed by atoms with Crippen molar-refractivity contribution in [3.05, 3.63) is 59.7 Å². The number of ether oxygens (including phenoxy) is 2. The van der Waals surface area contributed by atoms with Gasteiger partial charge in [-0.05, 0) is 84.2 Å². The number of nitrogens with one attached hydrogen (secondary N) is 2. The molecule has 2 aromatic rings. The van der Waals surface area contributed by atoms with Crippen LogP contribution in [0.5, 0.6) is 5.75 Å². The van der Waals surface area contributed by atoms with Gasteiger partial charge < -0.3 is 25.0 Å². The van der Waals surface area contributed by atoms with Gasteiger partial charge >= 0.3 is 6.09 Å². The summed E-state index contributed by atoms with van der Waals surface area (Å²) < 4.78 is 10.6. The summed E-state index contributed by atoms with van der Waals surface area (Å²) in [5.41, 5.74) is 0.700. The second-order valence-corrected chi connectivity index (χ2v) is 11.8. The number of aryl methyl sites for hydroxylation is 1. The molecule has 2 N–H and O–H groups in total. The zero-order valence-corrected chi connectivity index (χ0v) is 24.3. The summed E-state index contributed by atoms with van der Waals surface area (Å²) >= 11 is 0. The van der Waals surface area contributed by atoms with Crippen molar-refractivity contribution in [2.24, 2.45) is 5.92 Å². The quantitative estimate of drug-likeness (QED) is 0.450. The van der Waals surface area contributed by atoms with Crippen LogP contribution in [-0.4, -0.2) is 47.1 Å². The highest BCUT2D eigenvalue weighted by atomic mass is 16.6. The minimum Gasteiger partial charge on any atom is -0.497 e. The van der Waals surface area contributed by atoms with Crippen LogP contribution in [0.4, 0.5) is 10.5 Å². The zero-order chi connectivity index (χ0) is 28.8. The Hall–Kier alpha value is -3.55. The molecule has 2 atom stereocenters. The van der Waals surface area contributed by atoms with E-state index >= 15 is 0 Å². The Morgan fingerprint density at radius 2 is 1.53 bits per heavy atom. The van der Waals surface area contributed by atoms with Crippen LogP contribution in [0.25, 0.3) is 0 Å². The lowest BCUT2D eigenvalue weighted by Gasteiger charge is -2.43. The number of hydrogen-bond donors (Lipinski definition) is 2. The summed E-state index contributed by atoms with van der Waals surface area (Å²) in [7, 11) is 1.57. The van der Waals surface area contributed by atoms with Gasteiger partial charge in [0.05, 0.1) is 7.11 Å². The Morgan fingerprint density at radius 1 is 0.921 bits per heavy atom. The molecular formula is C30H43N3O5. The molecule has 0 aliphatic carbocycles. The monoisotopic (exact) mass is 525 g/mol. The molecule has 38 heavy (non-hydrogen) atoms. The van der Waals surface area contributed by atoms with Gasteiger partial charge in [0, 0.05) is 11.2 Å². The fourth-order valence-electron chi connectivity index (χ4n) is 4.09. The Bertz CT molecular complexity index is 1110. The Morgan fingerprint density at radius 3 is 2.00 bits per heavy atom. The fraction of sp³-hybridized carbons (Fsp3) is 0.500.